The Bertz CT molecular complexity index is 683. The lowest BCUT2D eigenvalue weighted by molar-refractivity contribution is -0.137. The van der Waals surface area contributed by atoms with Crippen molar-refractivity contribution in [1.29, 1.82) is 0 Å². The van der Waals surface area contributed by atoms with Gasteiger partial charge < -0.3 is 4.74 Å². The highest BCUT2D eigenvalue weighted by Crippen LogP contribution is 2.36. The predicted octanol–water partition coefficient (Wildman–Crippen LogP) is 3.69. The van der Waals surface area contributed by atoms with Crippen LogP contribution in [0.3, 0.4) is 0 Å². The first-order chi connectivity index (χ1) is 9.84. The van der Waals surface area contributed by atoms with E-state index in [1.54, 1.807) is 0 Å². The quantitative estimate of drug-likeness (QED) is 0.627. The van der Waals surface area contributed by atoms with Crippen LogP contribution in [-0.2, 0) is 10.9 Å². The van der Waals surface area contributed by atoms with E-state index in [0.29, 0.717) is 0 Å². The van der Waals surface area contributed by atoms with Gasteiger partial charge in [0.2, 0.25) is 0 Å². The number of hydrogen-bond acceptors (Lipinski definition) is 3. The number of methoxy groups -OCH3 is 1. The highest BCUT2D eigenvalue weighted by Gasteiger charge is 2.33. The molecule has 0 saturated heterocycles. The molecule has 0 N–H and O–H groups in total. The van der Waals surface area contributed by atoms with Crippen molar-refractivity contribution in [2.75, 3.05) is 7.11 Å². The van der Waals surface area contributed by atoms with Gasteiger partial charge in [0.1, 0.15) is 0 Å². The van der Waals surface area contributed by atoms with Crippen molar-refractivity contribution in [2.45, 2.75) is 6.18 Å². The van der Waals surface area contributed by atoms with Crippen LogP contribution in [-0.4, -0.2) is 18.1 Å². The van der Waals surface area contributed by atoms with Crippen molar-refractivity contribution in [3.63, 3.8) is 0 Å². The lowest BCUT2D eigenvalue weighted by Crippen LogP contribution is -2.10. The van der Waals surface area contributed by atoms with E-state index in [1.165, 1.54) is 18.2 Å². The van der Waals surface area contributed by atoms with Gasteiger partial charge in [0, 0.05) is 5.56 Å². The Labute approximate surface area is 117 Å². The first-order valence-electron chi connectivity index (χ1n) is 5.76. The summed E-state index contributed by atoms with van der Waals surface area (Å²) < 4.78 is 56.6. The van der Waals surface area contributed by atoms with Crippen LogP contribution in [0.25, 0.3) is 11.3 Å². The smallest absolute Gasteiger partial charge is 0.417 e. The fraction of sp³-hybridized carbons (Fsp3) is 0.143. The summed E-state index contributed by atoms with van der Waals surface area (Å²) >= 11 is 0. The Kier molecular flexibility index (Phi) is 3.93. The molecule has 3 nitrogen and oxygen atoms in total. The molecule has 2 aromatic rings. The minimum absolute atomic E-state index is 0.162. The predicted molar refractivity (Wildman–Crippen MR) is 66.0 cm³/mol. The van der Waals surface area contributed by atoms with Crippen molar-refractivity contribution < 1.29 is 27.1 Å². The van der Waals surface area contributed by atoms with E-state index >= 15 is 0 Å². The van der Waals surface area contributed by atoms with Crippen molar-refractivity contribution >= 4 is 5.97 Å². The molecule has 1 heterocycles. The lowest BCUT2D eigenvalue weighted by Gasteiger charge is -2.12. The highest BCUT2D eigenvalue weighted by molar-refractivity contribution is 5.88. The van der Waals surface area contributed by atoms with Crippen LogP contribution in [0.4, 0.5) is 17.6 Å². The molecule has 0 bridgehead atoms. The molecule has 1 aromatic carbocycles. The Balaban J connectivity index is 2.61. The molecule has 0 aliphatic heterocycles. The van der Waals surface area contributed by atoms with E-state index in [4.69, 9.17) is 0 Å². The number of pyridine rings is 1. The molecule has 0 radical (unpaired) electrons. The van der Waals surface area contributed by atoms with E-state index in [9.17, 15) is 22.4 Å². The van der Waals surface area contributed by atoms with Gasteiger partial charge in [-0.25, -0.2) is 14.2 Å². The van der Waals surface area contributed by atoms with Crippen LogP contribution >= 0.6 is 0 Å². The molecule has 7 heteroatoms. The van der Waals surface area contributed by atoms with E-state index in [-0.39, 0.29) is 11.3 Å². The van der Waals surface area contributed by atoms with Crippen LogP contribution in [0.15, 0.2) is 36.4 Å². The number of halogens is 4. The monoisotopic (exact) mass is 299 g/mol. The van der Waals surface area contributed by atoms with Crippen LogP contribution in [0.2, 0.25) is 0 Å². The molecule has 0 saturated carbocycles. The Morgan fingerprint density at radius 1 is 1.14 bits per heavy atom. The molecule has 0 spiro atoms. The molecule has 0 fully saturated rings. The summed E-state index contributed by atoms with van der Waals surface area (Å²) in [5.41, 5.74) is -1.98. The second-order valence-electron chi connectivity index (χ2n) is 4.06. The maximum absolute atomic E-state index is 13.5. The number of hydrogen-bond donors (Lipinski definition) is 0. The zero-order valence-corrected chi connectivity index (χ0v) is 10.7. The second-order valence-corrected chi connectivity index (χ2v) is 4.06. The van der Waals surface area contributed by atoms with Crippen molar-refractivity contribution in [2.24, 2.45) is 0 Å². The number of esters is 1. The largest absolute Gasteiger partial charge is 0.464 e. The first-order valence-corrected chi connectivity index (χ1v) is 5.76. The molecule has 21 heavy (non-hydrogen) atoms. The maximum atomic E-state index is 13.5. The van der Waals surface area contributed by atoms with E-state index in [1.807, 2.05) is 0 Å². The molecule has 0 amide bonds. The molecule has 2 rings (SSSR count). The van der Waals surface area contributed by atoms with E-state index < -0.39 is 29.2 Å². The Hall–Kier alpha value is -2.44. The maximum Gasteiger partial charge on any atom is 0.417 e. The molecule has 0 atom stereocenters. The zero-order valence-electron chi connectivity index (χ0n) is 10.7. The fourth-order valence-corrected chi connectivity index (χ4v) is 1.79. The number of aromatic nitrogens is 1. The van der Waals surface area contributed by atoms with Crippen molar-refractivity contribution in [1.82, 2.24) is 4.98 Å². The molecule has 110 valence electrons. The van der Waals surface area contributed by atoms with Gasteiger partial charge in [-0.3, -0.25) is 0 Å². The number of rotatable bonds is 2. The summed E-state index contributed by atoms with van der Waals surface area (Å²) in [5.74, 6) is -2.02. The van der Waals surface area contributed by atoms with Crippen LogP contribution < -0.4 is 0 Å². The van der Waals surface area contributed by atoms with Gasteiger partial charge in [-0.2, -0.15) is 13.2 Å². The lowest BCUT2D eigenvalue weighted by atomic mass is 10.0. The summed E-state index contributed by atoms with van der Waals surface area (Å²) in [6.45, 7) is 0. The van der Waals surface area contributed by atoms with Gasteiger partial charge in [0.05, 0.1) is 18.4 Å². The molecular formula is C14H9F4NO2. The van der Waals surface area contributed by atoms with Crippen LogP contribution in [0.1, 0.15) is 16.1 Å². The SMILES string of the molecule is COC(=O)c1nc(-c2ccccc2C(F)(F)F)ccc1F. The fourth-order valence-electron chi connectivity index (χ4n) is 1.79. The normalized spacial score (nSPS) is 11.3. The van der Waals surface area contributed by atoms with Crippen molar-refractivity contribution in [3.05, 3.63) is 53.5 Å². The Morgan fingerprint density at radius 2 is 1.81 bits per heavy atom. The van der Waals surface area contributed by atoms with Crippen LogP contribution in [0, 0.1) is 5.82 Å². The molecule has 0 aliphatic carbocycles. The minimum Gasteiger partial charge on any atom is -0.464 e. The van der Waals surface area contributed by atoms with E-state index in [2.05, 4.69) is 9.72 Å². The highest BCUT2D eigenvalue weighted by atomic mass is 19.4. The molecular weight excluding hydrogens is 290 g/mol. The summed E-state index contributed by atoms with van der Waals surface area (Å²) in [6.07, 6.45) is -4.59. The van der Waals surface area contributed by atoms with Crippen molar-refractivity contribution in [3.8, 4) is 11.3 Å². The van der Waals surface area contributed by atoms with Gasteiger partial charge in [0.25, 0.3) is 0 Å². The topological polar surface area (TPSA) is 39.2 Å². The summed E-state index contributed by atoms with van der Waals surface area (Å²) in [6, 6.07) is 6.67. The number of carbonyl (C=O) groups is 1. The number of ether oxygens (including phenoxy) is 1. The first kappa shape index (κ1) is 15.0. The third-order valence-electron chi connectivity index (χ3n) is 2.73. The van der Waals surface area contributed by atoms with Gasteiger partial charge in [-0.1, -0.05) is 18.2 Å². The van der Waals surface area contributed by atoms with E-state index in [0.717, 1.165) is 25.3 Å². The minimum atomic E-state index is -4.59. The van der Waals surface area contributed by atoms with Gasteiger partial charge >= 0.3 is 12.1 Å². The van der Waals surface area contributed by atoms with Gasteiger partial charge in [-0.05, 0) is 18.2 Å². The third kappa shape index (κ3) is 3.01. The number of benzene rings is 1. The average molecular weight is 299 g/mol. The van der Waals surface area contributed by atoms with Gasteiger partial charge in [-0.15, -0.1) is 0 Å². The standard InChI is InChI=1S/C14H9F4NO2/c1-21-13(20)12-10(15)6-7-11(19-12)8-4-2-3-5-9(8)14(16,17)18/h2-7H,1H3. The van der Waals surface area contributed by atoms with Crippen LogP contribution in [0.5, 0.6) is 0 Å². The average Bonchev–Trinajstić information content (AvgIpc) is 2.46. The summed E-state index contributed by atoms with van der Waals surface area (Å²) in [4.78, 5) is 15.0. The number of nitrogens with zero attached hydrogens (tertiary/aromatic N) is 1. The number of alkyl halides is 3. The Morgan fingerprint density at radius 3 is 2.43 bits per heavy atom. The molecule has 1 aromatic heterocycles. The zero-order chi connectivity index (χ0) is 15.6. The number of carbonyl (C=O) groups excluding carboxylic acids is 1. The second kappa shape index (κ2) is 5.51. The molecule has 0 aliphatic rings. The summed E-state index contributed by atoms with van der Waals surface area (Å²) in [7, 11) is 1.03. The molecule has 0 unspecified atom stereocenters. The third-order valence-corrected chi connectivity index (χ3v) is 2.73. The summed E-state index contributed by atoms with van der Waals surface area (Å²) in [5, 5.41) is 0. The van der Waals surface area contributed by atoms with Gasteiger partial charge in [0.15, 0.2) is 11.5 Å².